The second kappa shape index (κ2) is 8.12. The van der Waals surface area contributed by atoms with Gasteiger partial charge < -0.3 is 5.11 Å². The summed E-state index contributed by atoms with van der Waals surface area (Å²) in [4.78, 5) is 0. The second-order valence-corrected chi connectivity index (χ2v) is 14.2. The minimum absolute atomic E-state index is 0.0581. The maximum atomic E-state index is 10.8. The number of aliphatic hydroxyl groups is 1. The minimum atomic E-state index is -0.122. The molecule has 2 fully saturated rings. The van der Waals surface area contributed by atoms with Crippen LogP contribution in [0.5, 0.6) is 0 Å². The molecule has 0 aromatic carbocycles. The van der Waals surface area contributed by atoms with Crippen LogP contribution in [0.3, 0.4) is 0 Å². The number of allylic oxidation sites excluding steroid dienone is 1. The second-order valence-electron chi connectivity index (χ2n) is 13.0. The maximum absolute atomic E-state index is 10.8. The van der Waals surface area contributed by atoms with Gasteiger partial charge in [-0.3, -0.25) is 0 Å². The first kappa shape index (κ1) is 23.2. The van der Waals surface area contributed by atoms with E-state index in [9.17, 15) is 5.11 Å². The fourth-order valence-corrected chi connectivity index (χ4v) is 10.7. The third kappa shape index (κ3) is 3.55. The average Bonchev–Trinajstić information content (AvgIpc) is 3.02. The number of thioether (sulfide) groups is 1. The van der Waals surface area contributed by atoms with Crippen molar-refractivity contribution in [1.82, 2.24) is 0 Å². The summed E-state index contributed by atoms with van der Waals surface area (Å²) in [7, 11) is 0. The summed E-state index contributed by atoms with van der Waals surface area (Å²) < 4.78 is 0. The van der Waals surface area contributed by atoms with Gasteiger partial charge >= 0.3 is 0 Å². The molecule has 2 heteroatoms. The molecule has 30 heavy (non-hydrogen) atoms. The Balaban J connectivity index is 1.57. The molecule has 1 N–H and O–H groups in total. The van der Waals surface area contributed by atoms with Gasteiger partial charge in [-0.15, -0.1) is 0 Å². The summed E-state index contributed by atoms with van der Waals surface area (Å²) in [5.41, 5.74) is 4.62. The molecule has 0 aromatic rings. The zero-order valence-electron chi connectivity index (χ0n) is 20.9. The predicted octanol–water partition coefficient (Wildman–Crippen LogP) is 7.87. The minimum Gasteiger partial charge on any atom is -0.393 e. The molecular weight excluding hydrogens is 384 g/mol. The molecule has 7 atom stereocenters. The van der Waals surface area contributed by atoms with Crippen LogP contribution < -0.4 is 0 Å². The molecule has 1 nitrogen and oxygen atoms in total. The Hall–Kier alpha value is 0.0500. The van der Waals surface area contributed by atoms with Crippen LogP contribution in [-0.2, 0) is 0 Å². The Labute approximate surface area is 191 Å². The van der Waals surface area contributed by atoms with Crippen LogP contribution in [0.25, 0.3) is 0 Å². The molecule has 0 unspecified atom stereocenters. The molecule has 0 aromatic heterocycles. The van der Waals surface area contributed by atoms with E-state index in [1.807, 2.05) is 11.1 Å². The van der Waals surface area contributed by atoms with Crippen LogP contribution >= 0.6 is 11.8 Å². The molecule has 0 amide bonds. The van der Waals surface area contributed by atoms with E-state index in [2.05, 4.69) is 60.2 Å². The summed E-state index contributed by atoms with van der Waals surface area (Å²) in [6, 6.07) is 0. The van der Waals surface area contributed by atoms with Gasteiger partial charge in [0.05, 0.1) is 6.10 Å². The number of rotatable bonds is 5. The molecule has 0 spiro atoms. The van der Waals surface area contributed by atoms with E-state index < -0.39 is 0 Å². The molecule has 172 valence electrons. The Kier molecular flexibility index (Phi) is 6.29. The van der Waals surface area contributed by atoms with Crippen molar-refractivity contribution in [3.05, 3.63) is 11.1 Å². The zero-order chi connectivity index (χ0) is 21.9. The van der Waals surface area contributed by atoms with Gasteiger partial charge in [0.1, 0.15) is 0 Å². The van der Waals surface area contributed by atoms with E-state index in [1.165, 1.54) is 57.1 Å². The van der Waals surface area contributed by atoms with Crippen LogP contribution in [-0.4, -0.2) is 22.2 Å². The van der Waals surface area contributed by atoms with Crippen LogP contribution in [0.1, 0.15) is 106 Å². The van der Waals surface area contributed by atoms with Crippen LogP contribution in [0.2, 0.25) is 0 Å². The highest BCUT2D eigenvalue weighted by atomic mass is 32.2. The first-order chi connectivity index (χ1) is 14.0. The molecule has 1 saturated heterocycles. The predicted molar refractivity (Wildman–Crippen MR) is 132 cm³/mol. The van der Waals surface area contributed by atoms with Gasteiger partial charge in [0.25, 0.3) is 0 Å². The van der Waals surface area contributed by atoms with E-state index in [4.69, 9.17) is 0 Å². The molecule has 1 aliphatic heterocycles. The SMILES string of the molecule is CC(C)CCC[C@@H](C)[C@H]1CS[C@@H]2C3=C(CC[C@@]21C)[C@@]1(C)CC[C@H](O)C(C)(C)[C@@H]1CC3. The van der Waals surface area contributed by atoms with Crippen molar-refractivity contribution >= 4 is 11.8 Å². The van der Waals surface area contributed by atoms with Gasteiger partial charge in [-0.05, 0) is 84.2 Å². The lowest BCUT2D eigenvalue weighted by Gasteiger charge is -2.59. The molecular formula is C28H48OS. The number of hydrogen-bond acceptors (Lipinski definition) is 2. The standard InChI is InChI=1S/C28H48OS/c1-18(2)9-8-10-19(3)22-17-30-25-20-11-12-23-26(4,5)24(29)14-16-27(23,6)21(20)13-15-28(22,25)7/h18-19,22-25,29H,8-17H2,1-7H3/t19-,22-,23+,24+,25-,27-,28-/m1/s1. The van der Waals surface area contributed by atoms with Gasteiger partial charge in [0.15, 0.2) is 0 Å². The van der Waals surface area contributed by atoms with Gasteiger partial charge in [-0.1, -0.05) is 78.9 Å². The molecule has 1 saturated carbocycles. The van der Waals surface area contributed by atoms with Crippen molar-refractivity contribution in [1.29, 1.82) is 0 Å². The normalized spacial score (nSPS) is 43.9. The van der Waals surface area contributed by atoms with Crippen molar-refractivity contribution in [2.45, 2.75) is 118 Å². The smallest absolute Gasteiger partial charge is 0.0594 e. The largest absolute Gasteiger partial charge is 0.393 e. The zero-order valence-corrected chi connectivity index (χ0v) is 21.7. The molecule has 4 rings (SSSR count). The van der Waals surface area contributed by atoms with Crippen molar-refractivity contribution in [3.8, 4) is 0 Å². The fourth-order valence-electron chi connectivity index (χ4n) is 8.49. The Morgan fingerprint density at radius 1 is 1.00 bits per heavy atom. The number of fused-ring (bicyclic) bond motifs is 4. The molecule has 4 aliphatic rings. The highest BCUT2D eigenvalue weighted by Crippen LogP contribution is 2.67. The maximum Gasteiger partial charge on any atom is 0.0594 e. The van der Waals surface area contributed by atoms with Crippen molar-refractivity contribution in [3.63, 3.8) is 0 Å². The quantitative estimate of drug-likeness (QED) is 0.446. The highest BCUT2D eigenvalue weighted by molar-refractivity contribution is 8.00. The summed E-state index contributed by atoms with van der Waals surface area (Å²) >= 11 is 2.32. The van der Waals surface area contributed by atoms with Crippen LogP contribution in [0, 0.1) is 39.9 Å². The van der Waals surface area contributed by atoms with E-state index in [0.717, 1.165) is 29.4 Å². The summed E-state index contributed by atoms with van der Waals surface area (Å²) in [6.07, 6.45) is 11.6. The Morgan fingerprint density at radius 2 is 1.73 bits per heavy atom. The summed E-state index contributed by atoms with van der Waals surface area (Å²) in [5, 5.41) is 11.5. The van der Waals surface area contributed by atoms with Crippen LogP contribution in [0.15, 0.2) is 11.1 Å². The van der Waals surface area contributed by atoms with E-state index >= 15 is 0 Å². The third-order valence-corrected chi connectivity index (χ3v) is 12.2. The van der Waals surface area contributed by atoms with E-state index in [0.29, 0.717) is 16.7 Å². The first-order valence-corrected chi connectivity index (χ1v) is 14.1. The van der Waals surface area contributed by atoms with Crippen LogP contribution in [0.4, 0.5) is 0 Å². The molecule has 3 aliphatic carbocycles. The average molecular weight is 433 g/mol. The Morgan fingerprint density at radius 3 is 2.43 bits per heavy atom. The summed E-state index contributed by atoms with van der Waals surface area (Å²) in [5.74, 6) is 4.63. The number of aliphatic hydroxyl groups excluding tert-OH is 1. The highest BCUT2D eigenvalue weighted by Gasteiger charge is 2.59. The summed E-state index contributed by atoms with van der Waals surface area (Å²) in [6.45, 7) is 17.2. The first-order valence-electron chi connectivity index (χ1n) is 13.0. The molecule has 0 radical (unpaired) electrons. The van der Waals surface area contributed by atoms with Crippen molar-refractivity contribution in [2.75, 3.05) is 5.75 Å². The van der Waals surface area contributed by atoms with E-state index in [-0.39, 0.29) is 11.5 Å². The lowest BCUT2D eigenvalue weighted by atomic mass is 9.46. The van der Waals surface area contributed by atoms with Gasteiger partial charge in [0.2, 0.25) is 0 Å². The van der Waals surface area contributed by atoms with E-state index in [1.54, 1.807) is 0 Å². The molecule has 1 heterocycles. The van der Waals surface area contributed by atoms with Gasteiger partial charge in [0, 0.05) is 5.25 Å². The monoisotopic (exact) mass is 432 g/mol. The van der Waals surface area contributed by atoms with Gasteiger partial charge in [-0.25, -0.2) is 0 Å². The third-order valence-electron chi connectivity index (χ3n) is 10.5. The lowest BCUT2D eigenvalue weighted by Crippen LogP contribution is -2.54. The lowest BCUT2D eigenvalue weighted by molar-refractivity contribution is -0.0916. The van der Waals surface area contributed by atoms with Gasteiger partial charge in [-0.2, -0.15) is 11.8 Å². The number of hydrogen-bond donors (Lipinski definition) is 1. The van der Waals surface area contributed by atoms with Crippen molar-refractivity contribution in [2.24, 2.45) is 39.9 Å². The fraction of sp³-hybridized carbons (Fsp3) is 0.929. The topological polar surface area (TPSA) is 20.2 Å². The van der Waals surface area contributed by atoms with Crippen molar-refractivity contribution < 1.29 is 5.11 Å². The Bertz CT molecular complexity index is 678. The molecule has 0 bridgehead atoms.